The van der Waals surface area contributed by atoms with Gasteiger partial charge < -0.3 is 20.5 Å². The molecular weight excluding hydrogens is 426 g/mol. The third kappa shape index (κ3) is 6.12. The molecule has 1 atom stereocenters. The van der Waals surface area contributed by atoms with E-state index in [-0.39, 0.29) is 11.9 Å². The summed E-state index contributed by atoms with van der Waals surface area (Å²) in [6.07, 6.45) is 16.7. The standard InChI is InChI=1S/C26H33N7O/c34-25(28-18-20-10-12-27-13-11-20)22(16-19-6-2-1-3-7-19)30-23-17-24(33-14-4-5-15-33)32-26(31-23)29-21-8-9-21/h4-5,10-15,17,19,21-22H,1-3,6-9,16,18H2,(H,28,34)(H2,29,30,31,32)/t22-/m1/s1. The maximum Gasteiger partial charge on any atom is 0.242 e. The van der Waals surface area contributed by atoms with Gasteiger partial charge in [-0.2, -0.15) is 9.97 Å². The van der Waals surface area contributed by atoms with E-state index in [1.165, 1.54) is 32.1 Å². The summed E-state index contributed by atoms with van der Waals surface area (Å²) in [5.74, 6) is 2.60. The Balaban J connectivity index is 1.35. The van der Waals surface area contributed by atoms with Crippen molar-refractivity contribution < 1.29 is 4.79 Å². The van der Waals surface area contributed by atoms with Gasteiger partial charge in [0.2, 0.25) is 11.9 Å². The second-order valence-corrected chi connectivity index (χ2v) is 9.45. The molecule has 178 valence electrons. The first-order valence-electron chi connectivity index (χ1n) is 12.4. The van der Waals surface area contributed by atoms with Crippen LogP contribution < -0.4 is 16.0 Å². The van der Waals surface area contributed by atoms with Crippen molar-refractivity contribution in [3.8, 4) is 5.82 Å². The molecule has 0 aliphatic heterocycles. The van der Waals surface area contributed by atoms with Crippen molar-refractivity contribution in [3.63, 3.8) is 0 Å². The number of aromatic nitrogens is 4. The highest BCUT2D eigenvalue weighted by molar-refractivity contribution is 5.84. The average Bonchev–Trinajstić information content (AvgIpc) is 3.50. The molecule has 34 heavy (non-hydrogen) atoms. The minimum absolute atomic E-state index is 0.000198. The van der Waals surface area contributed by atoms with E-state index in [0.29, 0.717) is 30.3 Å². The molecule has 0 radical (unpaired) electrons. The third-order valence-electron chi connectivity index (χ3n) is 6.64. The average molecular weight is 460 g/mol. The van der Waals surface area contributed by atoms with Crippen molar-refractivity contribution in [1.82, 2.24) is 24.8 Å². The van der Waals surface area contributed by atoms with E-state index in [9.17, 15) is 4.79 Å². The number of anilines is 2. The molecule has 2 aliphatic carbocycles. The minimum Gasteiger partial charge on any atom is -0.358 e. The van der Waals surface area contributed by atoms with Crippen LogP contribution in [0.3, 0.4) is 0 Å². The van der Waals surface area contributed by atoms with E-state index < -0.39 is 0 Å². The Morgan fingerprint density at radius 3 is 2.53 bits per heavy atom. The van der Waals surface area contributed by atoms with Crippen molar-refractivity contribution in [2.75, 3.05) is 10.6 Å². The lowest BCUT2D eigenvalue weighted by molar-refractivity contribution is -0.122. The Kier molecular flexibility index (Phi) is 7.02. The smallest absolute Gasteiger partial charge is 0.242 e. The fraction of sp³-hybridized carbons (Fsp3) is 0.462. The SMILES string of the molecule is O=C(NCc1ccncc1)[C@@H](CC1CCCCC1)Nc1cc(-n2cccc2)nc(NC2CC2)n1. The minimum atomic E-state index is -0.355. The van der Waals surface area contributed by atoms with Crippen molar-refractivity contribution in [3.05, 3.63) is 60.7 Å². The Morgan fingerprint density at radius 2 is 1.79 bits per heavy atom. The summed E-state index contributed by atoms with van der Waals surface area (Å²) in [6, 6.07) is 9.80. The fourth-order valence-electron chi connectivity index (χ4n) is 4.58. The highest BCUT2D eigenvalue weighted by Crippen LogP contribution is 2.29. The van der Waals surface area contributed by atoms with Gasteiger partial charge in [-0.05, 0) is 55.0 Å². The van der Waals surface area contributed by atoms with E-state index >= 15 is 0 Å². The lowest BCUT2D eigenvalue weighted by Gasteiger charge is -2.27. The number of rotatable bonds is 10. The molecule has 0 spiro atoms. The molecular formula is C26H33N7O. The molecule has 2 fully saturated rings. The zero-order chi connectivity index (χ0) is 23.2. The number of pyridine rings is 1. The zero-order valence-electron chi connectivity index (χ0n) is 19.5. The first-order chi connectivity index (χ1) is 16.7. The highest BCUT2D eigenvalue weighted by atomic mass is 16.2. The normalized spacial score (nSPS) is 17.2. The number of nitrogens with zero attached hydrogens (tertiary/aromatic N) is 4. The molecule has 3 N–H and O–H groups in total. The van der Waals surface area contributed by atoms with Crippen LogP contribution in [0, 0.1) is 5.92 Å². The predicted octanol–water partition coefficient (Wildman–Crippen LogP) is 4.30. The number of carbonyl (C=O) groups is 1. The van der Waals surface area contributed by atoms with Gasteiger partial charge in [0.15, 0.2) is 0 Å². The van der Waals surface area contributed by atoms with Gasteiger partial charge in [0, 0.05) is 43.4 Å². The van der Waals surface area contributed by atoms with Gasteiger partial charge in [0.1, 0.15) is 17.7 Å². The summed E-state index contributed by atoms with van der Waals surface area (Å²) in [4.78, 5) is 26.8. The van der Waals surface area contributed by atoms with Crippen LogP contribution in [-0.2, 0) is 11.3 Å². The van der Waals surface area contributed by atoms with Crippen LogP contribution in [-0.4, -0.2) is 37.5 Å². The lowest BCUT2D eigenvalue weighted by atomic mass is 9.84. The quantitative estimate of drug-likeness (QED) is 0.418. The Morgan fingerprint density at radius 1 is 1.03 bits per heavy atom. The highest BCUT2D eigenvalue weighted by Gasteiger charge is 2.26. The van der Waals surface area contributed by atoms with E-state index in [2.05, 4.69) is 20.9 Å². The van der Waals surface area contributed by atoms with Crippen LogP contribution >= 0.6 is 0 Å². The van der Waals surface area contributed by atoms with Crippen LogP contribution in [0.25, 0.3) is 5.82 Å². The van der Waals surface area contributed by atoms with E-state index in [1.54, 1.807) is 12.4 Å². The van der Waals surface area contributed by atoms with Gasteiger partial charge >= 0.3 is 0 Å². The van der Waals surface area contributed by atoms with Crippen LogP contribution in [0.1, 0.15) is 56.9 Å². The Bertz CT molecular complexity index is 1060. The van der Waals surface area contributed by atoms with Gasteiger partial charge in [-0.25, -0.2) is 0 Å². The number of hydrogen-bond donors (Lipinski definition) is 3. The summed E-state index contributed by atoms with van der Waals surface area (Å²) in [6.45, 7) is 0.483. The summed E-state index contributed by atoms with van der Waals surface area (Å²) in [5, 5.41) is 9.99. The fourth-order valence-corrected chi connectivity index (χ4v) is 4.58. The first kappa shape index (κ1) is 22.4. The number of amides is 1. The van der Waals surface area contributed by atoms with Gasteiger partial charge in [-0.15, -0.1) is 0 Å². The first-order valence-corrected chi connectivity index (χ1v) is 12.4. The molecule has 3 aromatic rings. The zero-order valence-corrected chi connectivity index (χ0v) is 19.5. The van der Waals surface area contributed by atoms with Crippen molar-refractivity contribution in [2.24, 2.45) is 5.92 Å². The Labute approximate surface area is 200 Å². The molecule has 3 aromatic heterocycles. The second-order valence-electron chi connectivity index (χ2n) is 9.45. The third-order valence-corrected chi connectivity index (χ3v) is 6.64. The van der Waals surface area contributed by atoms with Gasteiger partial charge in [0.05, 0.1) is 0 Å². The predicted molar refractivity (Wildman–Crippen MR) is 133 cm³/mol. The monoisotopic (exact) mass is 459 g/mol. The molecule has 0 bridgehead atoms. The van der Waals surface area contributed by atoms with Crippen molar-refractivity contribution in [1.29, 1.82) is 0 Å². The van der Waals surface area contributed by atoms with Crippen LogP contribution in [0.2, 0.25) is 0 Å². The van der Waals surface area contributed by atoms with Crippen molar-refractivity contribution >= 4 is 17.7 Å². The van der Waals surface area contributed by atoms with Crippen LogP contribution in [0.5, 0.6) is 0 Å². The Hall–Kier alpha value is -3.42. The molecule has 2 aliphatic rings. The van der Waals surface area contributed by atoms with E-state index in [0.717, 1.165) is 30.6 Å². The molecule has 0 aromatic carbocycles. The topological polar surface area (TPSA) is 96.8 Å². The molecule has 2 saturated carbocycles. The molecule has 0 unspecified atom stereocenters. The second kappa shape index (κ2) is 10.7. The van der Waals surface area contributed by atoms with Crippen molar-refractivity contribution in [2.45, 2.75) is 70.0 Å². The van der Waals surface area contributed by atoms with E-state index in [1.807, 2.05) is 47.3 Å². The molecule has 8 heteroatoms. The largest absolute Gasteiger partial charge is 0.358 e. The summed E-state index contributed by atoms with van der Waals surface area (Å²) in [5.41, 5.74) is 1.03. The number of hydrogen-bond acceptors (Lipinski definition) is 6. The summed E-state index contributed by atoms with van der Waals surface area (Å²) >= 11 is 0. The van der Waals surface area contributed by atoms with Gasteiger partial charge in [-0.3, -0.25) is 9.78 Å². The van der Waals surface area contributed by atoms with Gasteiger partial charge in [0.25, 0.3) is 0 Å². The number of nitrogens with one attached hydrogen (secondary N) is 3. The molecule has 1 amide bonds. The maximum atomic E-state index is 13.3. The molecule has 8 nitrogen and oxygen atoms in total. The molecule has 3 heterocycles. The molecule has 0 saturated heterocycles. The maximum absolute atomic E-state index is 13.3. The number of carbonyl (C=O) groups excluding carboxylic acids is 1. The summed E-state index contributed by atoms with van der Waals surface area (Å²) in [7, 11) is 0. The lowest BCUT2D eigenvalue weighted by Crippen LogP contribution is -2.41. The van der Waals surface area contributed by atoms with Gasteiger partial charge in [-0.1, -0.05) is 32.1 Å². The molecule has 5 rings (SSSR count). The van der Waals surface area contributed by atoms with E-state index in [4.69, 9.17) is 9.97 Å². The van der Waals surface area contributed by atoms with Crippen LogP contribution in [0.15, 0.2) is 55.1 Å². The van der Waals surface area contributed by atoms with Crippen LogP contribution in [0.4, 0.5) is 11.8 Å². The summed E-state index contributed by atoms with van der Waals surface area (Å²) < 4.78 is 1.96.